The Morgan fingerprint density at radius 1 is 1.10 bits per heavy atom. The second-order valence-corrected chi connectivity index (χ2v) is 8.48. The molecule has 0 radical (unpaired) electrons. The number of carbonyl (C=O) groups excluding carboxylic acids is 1. The van der Waals surface area contributed by atoms with Crippen LogP contribution in [0.2, 0.25) is 0 Å². The molecule has 0 spiro atoms. The lowest BCUT2D eigenvalue weighted by Gasteiger charge is -2.37. The molecule has 2 aliphatic carbocycles. The van der Waals surface area contributed by atoms with Crippen molar-refractivity contribution in [2.24, 2.45) is 5.92 Å². The van der Waals surface area contributed by atoms with Crippen LogP contribution < -0.4 is 0 Å². The molecule has 0 bridgehead atoms. The summed E-state index contributed by atoms with van der Waals surface area (Å²) in [6.45, 7) is 3.99. The molecule has 0 N–H and O–H groups in total. The van der Waals surface area contributed by atoms with E-state index in [4.69, 9.17) is 0 Å². The number of hydrogen-bond acceptors (Lipinski definition) is 3. The minimum atomic E-state index is -4.44. The van der Waals surface area contributed by atoms with Gasteiger partial charge in [-0.05, 0) is 63.5 Å². The average molecular weight is 420 g/mol. The van der Waals surface area contributed by atoms with Crippen LogP contribution in [0.25, 0.3) is 5.82 Å². The molecule has 2 saturated carbocycles. The third-order valence-electron chi connectivity index (χ3n) is 6.49. The highest BCUT2D eigenvalue weighted by atomic mass is 19.4. The van der Waals surface area contributed by atoms with E-state index in [1.807, 2.05) is 0 Å². The van der Waals surface area contributed by atoms with Gasteiger partial charge in [0.1, 0.15) is 0 Å². The van der Waals surface area contributed by atoms with Gasteiger partial charge in [-0.2, -0.15) is 18.3 Å². The SMILES string of the molecule is CCC1CCC(N(C(=O)c2cnn(-c3ccc(C(F)(F)F)cn3)c2C)C2CC2)CC1. The zero-order valence-corrected chi connectivity index (χ0v) is 17.3. The molecule has 0 atom stereocenters. The van der Waals surface area contributed by atoms with Crippen molar-refractivity contribution in [3.8, 4) is 5.82 Å². The molecular weight excluding hydrogens is 393 g/mol. The summed E-state index contributed by atoms with van der Waals surface area (Å²) < 4.78 is 39.8. The van der Waals surface area contributed by atoms with Crippen LogP contribution in [0.15, 0.2) is 24.5 Å². The van der Waals surface area contributed by atoms with E-state index < -0.39 is 11.7 Å². The Kier molecular flexibility index (Phi) is 5.59. The summed E-state index contributed by atoms with van der Waals surface area (Å²) in [4.78, 5) is 19.4. The molecule has 162 valence electrons. The van der Waals surface area contributed by atoms with E-state index in [1.54, 1.807) is 6.92 Å². The molecule has 2 aromatic rings. The fraction of sp³-hybridized carbons (Fsp3) is 0.591. The van der Waals surface area contributed by atoms with Crippen LogP contribution >= 0.6 is 0 Å². The van der Waals surface area contributed by atoms with Crippen molar-refractivity contribution in [2.75, 3.05) is 0 Å². The number of amides is 1. The first-order valence-electron chi connectivity index (χ1n) is 10.7. The first-order chi connectivity index (χ1) is 14.3. The van der Waals surface area contributed by atoms with Gasteiger partial charge in [0.05, 0.1) is 23.0 Å². The van der Waals surface area contributed by atoms with Gasteiger partial charge in [0, 0.05) is 18.3 Å². The van der Waals surface area contributed by atoms with Crippen molar-refractivity contribution in [1.29, 1.82) is 0 Å². The number of aromatic nitrogens is 3. The molecule has 2 fully saturated rings. The maximum absolute atomic E-state index is 13.4. The van der Waals surface area contributed by atoms with E-state index in [9.17, 15) is 18.0 Å². The first kappa shape index (κ1) is 20.9. The average Bonchev–Trinajstić information content (AvgIpc) is 3.49. The molecule has 2 heterocycles. The van der Waals surface area contributed by atoms with E-state index in [0.29, 0.717) is 17.3 Å². The second-order valence-electron chi connectivity index (χ2n) is 8.48. The first-order valence-corrected chi connectivity index (χ1v) is 10.7. The maximum Gasteiger partial charge on any atom is 0.417 e. The lowest BCUT2D eigenvalue weighted by atomic mass is 9.83. The summed E-state index contributed by atoms with van der Waals surface area (Å²) in [7, 11) is 0. The second kappa shape index (κ2) is 8.04. The van der Waals surface area contributed by atoms with Gasteiger partial charge in [0.2, 0.25) is 0 Å². The van der Waals surface area contributed by atoms with Crippen LogP contribution in [0.5, 0.6) is 0 Å². The van der Waals surface area contributed by atoms with Crippen molar-refractivity contribution in [3.63, 3.8) is 0 Å². The molecule has 0 saturated heterocycles. The van der Waals surface area contributed by atoms with Crippen molar-refractivity contribution in [3.05, 3.63) is 41.3 Å². The number of alkyl halides is 3. The third-order valence-corrected chi connectivity index (χ3v) is 6.49. The van der Waals surface area contributed by atoms with Crippen LogP contribution in [0.4, 0.5) is 13.2 Å². The summed E-state index contributed by atoms with van der Waals surface area (Å²) in [6, 6.07) is 2.82. The zero-order chi connectivity index (χ0) is 21.5. The van der Waals surface area contributed by atoms with Crippen LogP contribution in [-0.4, -0.2) is 37.7 Å². The molecule has 2 aromatic heterocycles. The Labute approximate surface area is 174 Å². The summed E-state index contributed by atoms with van der Waals surface area (Å²) >= 11 is 0. The highest BCUT2D eigenvalue weighted by Crippen LogP contribution is 2.37. The van der Waals surface area contributed by atoms with Gasteiger partial charge in [-0.3, -0.25) is 4.79 Å². The van der Waals surface area contributed by atoms with Crippen LogP contribution in [0, 0.1) is 12.8 Å². The fourth-order valence-electron chi connectivity index (χ4n) is 4.48. The van der Waals surface area contributed by atoms with E-state index in [2.05, 4.69) is 21.9 Å². The smallest absolute Gasteiger partial charge is 0.333 e. The number of carbonyl (C=O) groups is 1. The summed E-state index contributed by atoms with van der Waals surface area (Å²) in [6.07, 6.45) is 5.52. The van der Waals surface area contributed by atoms with Crippen LogP contribution in [0.3, 0.4) is 0 Å². The molecule has 0 aliphatic heterocycles. The number of hydrogen-bond donors (Lipinski definition) is 0. The van der Waals surface area contributed by atoms with Gasteiger partial charge in [-0.1, -0.05) is 13.3 Å². The molecule has 2 aliphatic rings. The van der Waals surface area contributed by atoms with E-state index in [-0.39, 0.29) is 17.8 Å². The van der Waals surface area contributed by atoms with E-state index in [0.717, 1.165) is 56.7 Å². The molecule has 8 heteroatoms. The van der Waals surface area contributed by atoms with Gasteiger partial charge in [-0.15, -0.1) is 0 Å². The number of nitrogens with zero attached hydrogens (tertiary/aromatic N) is 4. The minimum absolute atomic E-state index is 0.0203. The number of rotatable bonds is 5. The standard InChI is InChI=1S/C22H27F3N4O/c1-3-15-4-7-17(8-5-15)28(18-9-10-18)21(30)19-13-27-29(14(19)2)20-11-6-16(12-26-20)22(23,24)25/h6,11-13,15,17-18H,3-5,7-10H2,1-2H3. The summed E-state index contributed by atoms with van der Waals surface area (Å²) in [5, 5.41) is 4.26. The monoisotopic (exact) mass is 420 g/mol. The van der Waals surface area contributed by atoms with Gasteiger partial charge in [-0.25, -0.2) is 9.67 Å². The fourth-order valence-corrected chi connectivity index (χ4v) is 4.48. The summed E-state index contributed by atoms with van der Waals surface area (Å²) in [5.41, 5.74) is 0.288. The third kappa shape index (κ3) is 4.09. The Morgan fingerprint density at radius 2 is 1.73 bits per heavy atom. The molecule has 0 unspecified atom stereocenters. The lowest BCUT2D eigenvalue weighted by Crippen LogP contribution is -2.44. The van der Waals surface area contributed by atoms with E-state index in [1.165, 1.54) is 23.4 Å². The van der Waals surface area contributed by atoms with Crippen molar-refractivity contribution in [1.82, 2.24) is 19.7 Å². The normalized spacial score (nSPS) is 22.2. The van der Waals surface area contributed by atoms with Crippen LogP contribution in [0.1, 0.15) is 73.5 Å². The Balaban J connectivity index is 1.55. The molecule has 5 nitrogen and oxygen atoms in total. The van der Waals surface area contributed by atoms with Crippen molar-refractivity contribution in [2.45, 2.75) is 77.1 Å². The predicted molar refractivity (Wildman–Crippen MR) is 106 cm³/mol. The van der Waals surface area contributed by atoms with Gasteiger partial charge in [0.15, 0.2) is 5.82 Å². The largest absolute Gasteiger partial charge is 0.417 e. The lowest BCUT2D eigenvalue weighted by molar-refractivity contribution is -0.137. The van der Waals surface area contributed by atoms with Crippen molar-refractivity contribution < 1.29 is 18.0 Å². The van der Waals surface area contributed by atoms with Gasteiger partial charge < -0.3 is 4.90 Å². The molecule has 1 amide bonds. The molecule has 4 rings (SSSR count). The van der Waals surface area contributed by atoms with Crippen molar-refractivity contribution >= 4 is 5.91 Å². The molecule has 0 aromatic carbocycles. The van der Waals surface area contributed by atoms with Gasteiger partial charge >= 0.3 is 6.18 Å². The molecular formula is C22H27F3N4O. The zero-order valence-electron chi connectivity index (χ0n) is 17.3. The highest BCUT2D eigenvalue weighted by molar-refractivity contribution is 5.95. The number of pyridine rings is 1. The Hall–Kier alpha value is -2.38. The Bertz CT molecular complexity index is 894. The Morgan fingerprint density at radius 3 is 2.23 bits per heavy atom. The maximum atomic E-state index is 13.4. The highest BCUT2D eigenvalue weighted by Gasteiger charge is 2.40. The predicted octanol–water partition coefficient (Wildman–Crippen LogP) is 5.17. The summed E-state index contributed by atoms with van der Waals surface area (Å²) in [5.74, 6) is 1.00. The minimum Gasteiger partial charge on any atom is -0.333 e. The van der Waals surface area contributed by atoms with Crippen LogP contribution in [-0.2, 0) is 6.18 Å². The van der Waals surface area contributed by atoms with Gasteiger partial charge in [0.25, 0.3) is 5.91 Å². The molecule has 30 heavy (non-hydrogen) atoms. The number of halogens is 3. The quantitative estimate of drug-likeness (QED) is 0.671. The van der Waals surface area contributed by atoms with E-state index >= 15 is 0 Å². The topological polar surface area (TPSA) is 51.0 Å².